The van der Waals surface area contributed by atoms with Crippen LogP contribution in [0.15, 0.2) is 0 Å². The number of alkyl halides is 4. The molecule has 0 aromatic carbocycles. The molecule has 6 rings (SSSR count). The normalized spacial score (nSPS) is 31.0. The van der Waals surface area contributed by atoms with Gasteiger partial charge in [0.25, 0.3) is 0 Å². The summed E-state index contributed by atoms with van der Waals surface area (Å²) in [5.41, 5.74) is -1.58. The van der Waals surface area contributed by atoms with Gasteiger partial charge in [-0.2, -0.15) is 13.2 Å². The molecule has 14 atom stereocenters. The topological polar surface area (TPSA) is 290 Å². The van der Waals surface area contributed by atoms with Crippen LogP contribution in [-0.4, -0.2) is 273 Å². The smallest absolute Gasteiger partial charge is 0.391 e. The highest BCUT2D eigenvalue weighted by Crippen LogP contribution is 2.44. The van der Waals surface area contributed by atoms with Gasteiger partial charge in [0.15, 0.2) is 0 Å². The quantitative estimate of drug-likeness (QED) is 0.228. The van der Waals surface area contributed by atoms with Crippen molar-refractivity contribution in [3.8, 4) is 0 Å². The van der Waals surface area contributed by atoms with Crippen molar-refractivity contribution in [3.05, 3.63) is 0 Å². The highest BCUT2D eigenvalue weighted by molar-refractivity contribution is 6.21. The maximum atomic E-state index is 15.4. The van der Waals surface area contributed by atoms with Crippen molar-refractivity contribution in [3.63, 3.8) is 0 Å². The van der Waals surface area contributed by atoms with Crippen molar-refractivity contribution in [2.45, 2.75) is 249 Å². The number of rotatable bonds is 10. The second kappa shape index (κ2) is 33.5. The fourth-order valence-electron chi connectivity index (χ4n) is 15.0. The molecule has 542 valence electrons. The zero-order valence-electron chi connectivity index (χ0n) is 58.9. The number of halogens is 4. The van der Waals surface area contributed by atoms with Gasteiger partial charge in [0.1, 0.15) is 59.9 Å². The summed E-state index contributed by atoms with van der Waals surface area (Å²) in [5, 5.41) is 18.6. The number of fused-ring (bicyclic) bond motifs is 2. The van der Waals surface area contributed by atoms with Gasteiger partial charge < -0.3 is 65.2 Å². The number of hydrogen-bond donors (Lipinski definition) is 4. The summed E-state index contributed by atoms with van der Waals surface area (Å²) in [4.78, 5) is 189. The zero-order chi connectivity index (χ0) is 71.7. The van der Waals surface area contributed by atoms with Crippen LogP contribution in [0.1, 0.15) is 171 Å². The van der Waals surface area contributed by atoms with E-state index in [-0.39, 0.29) is 89.1 Å². The molecule has 25 nitrogen and oxygen atoms in total. The third-order valence-corrected chi connectivity index (χ3v) is 21.8. The molecule has 3 unspecified atom stereocenters. The summed E-state index contributed by atoms with van der Waals surface area (Å²) in [6.07, 6.45) is -2.13. The Hall–Kier alpha value is -6.32. The maximum Gasteiger partial charge on any atom is 0.393 e. The van der Waals surface area contributed by atoms with Gasteiger partial charge in [0.05, 0.1) is 25.0 Å². The lowest BCUT2D eigenvalue weighted by Crippen LogP contribution is -2.66. The fraction of sp³-hybridized carbons (Fsp3) is 0.821. The van der Waals surface area contributed by atoms with Crippen LogP contribution in [0.25, 0.3) is 0 Å². The Bertz CT molecular complexity index is 2840. The number of carbonyl (C=O) groups excluding carboxylic acids is 12. The maximum absolute atomic E-state index is 15.4. The number of nitrogens with zero attached hydrogens (tertiary/aromatic N) is 9. The van der Waals surface area contributed by atoms with E-state index < -0.39 is 179 Å². The minimum absolute atomic E-state index is 0.0284. The molecule has 1 spiro atoms. The average Bonchev–Trinajstić information content (AvgIpc) is 0.993. The predicted molar refractivity (Wildman–Crippen MR) is 350 cm³/mol. The van der Waals surface area contributed by atoms with Crippen LogP contribution in [0.2, 0.25) is 0 Å². The number of aliphatic hydroxyl groups is 1. The molecule has 0 bridgehead atoms. The molecule has 29 heteroatoms. The molecule has 2 saturated carbocycles. The predicted octanol–water partition coefficient (Wildman–Crippen LogP) is 3.50. The molecule has 2 aliphatic carbocycles. The number of hydrogen-bond acceptors (Lipinski definition) is 13. The minimum atomic E-state index is -4.52. The van der Waals surface area contributed by atoms with Crippen molar-refractivity contribution in [1.29, 1.82) is 0 Å². The lowest BCUT2D eigenvalue weighted by Gasteiger charge is -2.45. The lowest BCUT2D eigenvalue weighted by molar-refractivity contribution is -0.182. The summed E-state index contributed by atoms with van der Waals surface area (Å²) in [6.45, 7) is 13.6. The highest BCUT2D eigenvalue weighted by Gasteiger charge is 2.52. The second-order valence-electron chi connectivity index (χ2n) is 29.0. The van der Waals surface area contributed by atoms with Gasteiger partial charge in [-0.3, -0.25) is 57.5 Å². The van der Waals surface area contributed by atoms with Crippen molar-refractivity contribution < 1.29 is 75.8 Å². The third-order valence-electron chi connectivity index (χ3n) is 21.4. The Morgan fingerprint density at radius 3 is 1.82 bits per heavy atom. The van der Waals surface area contributed by atoms with Gasteiger partial charge >= 0.3 is 6.18 Å². The molecule has 4 aliphatic heterocycles. The van der Waals surface area contributed by atoms with Gasteiger partial charge in [0, 0.05) is 73.8 Å². The molecule has 4 saturated heterocycles. The lowest BCUT2D eigenvalue weighted by atomic mass is 9.78. The number of likely N-dealkylation sites (N-methyl/N-ethyl adjacent to an activating group) is 6. The van der Waals surface area contributed by atoms with Crippen LogP contribution in [-0.2, 0) is 57.5 Å². The van der Waals surface area contributed by atoms with E-state index in [0.29, 0.717) is 51.6 Å². The summed E-state index contributed by atoms with van der Waals surface area (Å²) in [6, 6.07) is -11.7. The summed E-state index contributed by atoms with van der Waals surface area (Å²) in [7, 11) is 8.17. The molecule has 0 aromatic rings. The summed E-state index contributed by atoms with van der Waals surface area (Å²) >= 11 is 6.35. The summed E-state index contributed by atoms with van der Waals surface area (Å²) in [5.74, 6) is -11.8. The molecule has 0 radical (unpaired) electrons. The Balaban J connectivity index is 1.41. The minimum Gasteiger partial charge on any atom is -0.391 e. The van der Waals surface area contributed by atoms with Crippen molar-refractivity contribution in [2.75, 3.05) is 75.0 Å². The number of aliphatic hydroxyl groups excluding tert-OH is 1. The molecular weight excluding hydrogens is 1270 g/mol. The first-order chi connectivity index (χ1) is 44.9. The van der Waals surface area contributed by atoms with Gasteiger partial charge in [-0.05, 0) is 127 Å². The van der Waals surface area contributed by atoms with Gasteiger partial charge in [-0.15, -0.1) is 11.6 Å². The van der Waals surface area contributed by atoms with E-state index in [1.165, 1.54) is 85.5 Å². The first-order valence-corrected chi connectivity index (χ1v) is 35.1. The number of piperidine rings is 1. The van der Waals surface area contributed by atoms with E-state index in [4.69, 9.17) is 11.6 Å². The molecular formula is C67H108ClF3N12O13. The Kier molecular flexibility index (Phi) is 27.4. The van der Waals surface area contributed by atoms with Gasteiger partial charge in [0.2, 0.25) is 70.9 Å². The van der Waals surface area contributed by atoms with E-state index in [1.807, 2.05) is 20.8 Å². The third kappa shape index (κ3) is 18.1. The molecule has 4 N–H and O–H groups in total. The first kappa shape index (κ1) is 78.7. The van der Waals surface area contributed by atoms with Crippen LogP contribution in [0.3, 0.4) is 0 Å². The Morgan fingerprint density at radius 2 is 1.27 bits per heavy atom. The van der Waals surface area contributed by atoms with E-state index >= 15 is 14.4 Å². The monoisotopic (exact) mass is 1380 g/mol. The van der Waals surface area contributed by atoms with Crippen LogP contribution in [0.4, 0.5) is 13.2 Å². The molecule has 0 aromatic heterocycles. The fourth-order valence-corrected chi connectivity index (χ4v) is 15.5. The Labute approximate surface area is 569 Å². The van der Waals surface area contributed by atoms with E-state index in [2.05, 4.69) is 16.0 Å². The van der Waals surface area contributed by atoms with Crippen molar-refractivity contribution >= 4 is 82.5 Å². The highest BCUT2D eigenvalue weighted by atomic mass is 35.5. The molecule has 6 fully saturated rings. The number of carbonyl (C=O) groups is 12. The van der Waals surface area contributed by atoms with Crippen molar-refractivity contribution in [2.24, 2.45) is 29.6 Å². The number of amides is 12. The van der Waals surface area contributed by atoms with Gasteiger partial charge in [-0.25, -0.2) is 0 Å². The van der Waals surface area contributed by atoms with Crippen LogP contribution in [0, 0.1) is 29.6 Å². The Morgan fingerprint density at radius 1 is 0.646 bits per heavy atom. The molecule has 12 amide bonds. The van der Waals surface area contributed by atoms with Crippen LogP contribution < -0.4 is 16.0 Å². The van der Waals surface area contributed by atoms with Crippen LogP contribution in [0.5, 0.6) is 0 Å². The van der Waals surface area contributed by atoms with Crippen molar-refractivity contribution in [1.82, 2.24) is 60.0 Å². The average molecular weight is 1380 g/mol. The zero-order valence-corrected chi connectivity index (χ0v) is 59.6. The number of likely N-dealkylation sites (tertiary alicyclic amines) is 1. The largest absolute Gasteiger partial charge is 0.393 e. The van der Waals surface area contributed by atoms with Crippen LogP contribution >= 0.6 is 11.6 Å². The molecule has 4 heterocycles. The standard InChI is InChI=1S/C67H108ClF3N12O13/c1-15-40(6)53-62(93)76(10)41(7)58(89)83-33-27-48(83)60(91)79(13)55(42(8)84)63(94)75(9)37-51(85)72-46(26-24-43-23-25-44(45(68)35-43)67(69,70)71)59(90)82-32-21-22-47(82)57(88)74-66(28-17-18-29-66)65(96)80(14)54(39(4)5)64(95)78(12)50(61(92)81-30-19-16-20-31-81)36-52(86)77(11)49(34-38(2)3)56(87)73-53/h38-50,53-55,84H,15-37H2,1-14H3,(H,72,85)(H,73,87)(H,74,88)/t40-,41-,42+,43?,44?,45?,46-,47-,48-,49-,50-,53-,54-,55-/m0/s1. The molecule has 96 heavy (non-hydrogen) atoms. The first-order valence-electron chi connectivity index (χ1n) is 34.7. The molecule has 6 aliphatic rings. The van der Waals surface area contributed by atoms with E-state index in [0.717, 1.165) is 16.2 Å². The SMILES string of the molecule is CC[C@H](C)[C@@H]1NC(=O)[C@H](CC(C)C)N(C)C(=O)C[C@@H](C(=O)N2CCCCC2)N(C)C(=O)[C@H](C(C)C)N(C)C(=O)C2(CCCC2)NC(=O)[C@@H]2CCCN2C(=O)[C@H](CCC2CCC(C(F)(F)F)C(Cl)C2)NC(=O)CN(C)C(=O)[C@H]([C@@H](C)O)N(C)C(=O)[C@@H]2CCN2C(=O)[C@H](C)N(C)C1=O. The van der Waals surface area contributed by atoms with E-state index in [1.54, 1.807) is 25.7 Å². The number of nitrogens with one attached hydrogen (secondary N) is 3. The summed E-state index contributed by atoms with van der Waals surface area (Å²) < 4.78 is 41.8. The van der Waals surface area contributed by atoms with E-state index in [9.17, 15) is 61.4 Å². The second-order valence-corrected chi connectivity index (χ2v) is 29.5. The van der Waals surface area contributed by atoms with Gasteiger partial charge in [-0.1, -0.05) is 60.8 Å².